The van der Waals surface area contributed by atoms with Crippen molar-refractivity contribution in [3.05, 3.63) is 41.7 Å². The summed E-state index contributed by atoms with van der Waals surface area (Å²) >= 11 is 0. The van der Waals surface area contributed by atoms with Gasteiger partial charge >= 0.3 is 6.01 Å². The Morgan fingerprint density at radius 3 is 3.05 bits per heavy atom. The topological polar surface area (TPSA) is 87.9 Å². The Hall–Kier alpha value is -2.94. The van der Waals surface area contributed by atoms with Gasteiger partial charge in [0.05, 0.1) is 0 Å². The second kappa shape index (κ2) is 4.97. The summed E-state index contributed by atoms with van der Waals surface area (Å²) in [7, 11) is 0. The Morgan fingerprint density at radius 2 is 2.20 bits per heavy atom. The maximum Gasteiger partial charge on any atom is 0.323 e. The molecule has 0 spiro atoms. The van der Waals surface area contributed by atoms with Gasteiger partial charge in [-0.25, -0.2) is 4.98 Å². The van der Waals surface area contributed by atoms with Crippen LogP contribution in [0.1, 0.15) is 17.7 Å². The van der Waals surface area contributed by atoms with Crippen LogP contribution in [0.25, 0.3) is 0 Å². The molecule has 0 saturated heterocycles. The molecule has 6 heteroatoms. The van der Waals surface area contributed by atoms with E-state index in [1.165, 1.54) is 12.3 Å². The minimum absolute atomic E-state index is 0.0243. The van der Waals surface area contributed by atoms with E-state index in [1.807, 2.05) is 12.1 Å². The van der Waals surface area contributed by atoms with Crippen LogP contribution >= 0.6 is 0 Å². The molecule has 0 saturated carbocycles. The number of hydrogen-bond donors (Lipinski definition) is 1. The predicted octanol–water partition coefficient (Wildman–Crippen LogP) is 2.03. The lowest BCUT2D eigenvalue weighted by Crippen LogP contribution is -2.18. The van der Waals surface area contributed by atoms with Gasteiger partial charge in [0.1, 0.15) is 17.5 Å². The fraction of sp³-hybridized carbons (Fsp3) is 0.143. The highest BCUT2D eigenvalue weighted by molar-refractivity contribution is 5.94. The SMILES string of the molecule is N#Cc1ccnc(Oc2ccc3c(c2)CCC(=O)N3)n1. The molecule has 0 aliphatic carbocycles. The number of ether oxygens (including phenoxy) is 1. The number of anilines is 1. The van der Waals surface area contributed by atoms with Crippen LogP contribution in [0.2, 0.25) is 0 Å². The zero-order chi connectivity index (χ0) is 13.9. The lowest BCUT2D eigenvalue weighted by molar-refractivity contribution is -0.116. The Balaban J connectivity index is 1.85. The van der Waals surface area contributed by atoms with Crippen molar-refractivity contribution in [2.24, 2.45) is 0 Å². The van der Waals surface area contributed by atoms with E-state index < -0.39 is 0 Å². The third kappa shape index (κ3) is 2.42. The van der Waals surface area contributed by atoms with Gasteiger partial charge < -0.3 is 10.1 Å². The molecule has 3 rings (SSSR count). The normalized spacial score (nSPS) is 13.1. The number of fused-ring (bicyclic) bond motifs is 1. The van der Waals surface area contributed by atoms with E-state index in [9.17, 15) is 4.79 Å². The Kier molecular flexibility index (Phi) is 3.01. The fourth-order valence-corrected chi connectivity index (χ4v) is 1.98. The second-order valence-electron chi connectivity index (χ2n) is 4.31. The van der Waals surface area contributed by atoms with Crippen molar-refractivity contribution in [2.45, 2.75) is 12.8 Å². The van der Waals surface area contributed by atoms with Crippen LogP contribution in [0, 0.1) is 11.3 Å². The molecule has 1 amide bonds. The number of nitrogens with one attached hydrogen (secondary N) is 1. The molecule has 1 N–H and O–H groups in total. The first-order chi connectivity index (χ1) is 9.74. The summed E-state index contributed by atoms with van der Waals surface area (Å²) in [5.74, 6) is 0.603. The molecule has 98 valence electrons. The number of hydrogen-bond acceptors (Lipinski definition) is 5. The molecule has 20 heavy (non-hydrogen) atoms. The molecule has 0 atom stereocenters. The summed E-state index contributed by atoms with van der Waals surface area (Å²) in [6, 6.07) is 8.93. The minimum Gasteiger partial charge on any atom is -0.424 e. The van der Waals surface area contributed by atoms with Crippen LogP contribution < -0.4 is 10.1 Å². The number of carbonyl (C=O) groups is 1. The first kappa shape index (κ1) is 12.1. The molecule has 0 unspecified atom stereocenters. The molecule has 0 fully saturated rings. The van der Waals surface area contributed by atoms with Gasteiger partial charge in [0, 0.05) is 18.3 Å². The first-order valence-corrected chi connectivity index (χ1v) is 6.08. The summed E-state index contributed by atoms with van der Waals surface area (Å²) in [6.45, 7) is 0. The predicted molar refractivity (Wildman–Crippen MR) is 70.2 cm³/mol. The van der Waals surface area contributed by atoms with Gasteiger partial charge in [-0.2, -0.15) is 10.2 Å². The highest BCUT2D eigenvalue weighted by atomic mass is 16.5. The number of aromatic nitrogens is 2. The minimum atomic E-state index is 0.0243. The van der Waals surface area contributed by atoms with Gasteiger partial charge in [-0.05, 0) is 36.2 Å². The van der Waals surface area contributed by atoms with Gasteiger partial charge in [-0.3, -0.25) is 4.79 Å². The number of amides is 1. The van der Waals surface area contributed by atoms with Crippen LogP contribution in [-0.2, 0) is 11.2 Å². The lowest BCUT2D eigenvalue weighted by Gasteiger charge is -2.17. The fourth-order valence-electron chi connectivity index (χ4n) is 1.98. The zero-order valence-electron chi connectivity index (χ0n) is 10.5. The van der Waals surface area contributed by atoms with Gasteiger partial charge in [-0.1, -0.05) is 0 Å². The van der Waals surface area contributed by atoms with Crippen molar-refractivity contribution in [1.82, 2.24) is 9.97 Å². The van der Waals surface area contributed by atoms with Crippen molar-refractivity contribution in [2.75, 3.05) is 5.32 Å². The van der Waals surface area contributed by atoms with Crippen molar-refractivity contribution in [3.63, 3.8) is 0 Å². The maximum atomic E-state index is 11.3. The maximum absolute atomic E-state index is 11.3. The molecule has 1 aromatic heterocycles. The van der Waals surface area contributed by atoms with Crippen molar-refractivity contribution >= 4 is 11.6 Å². The smallest absolute Gasteiger partial charge is 0.323 e. The molecule has 1 aliphatic heterocycles. The number of carbonyl (C=O) groups excluding carboxylic acids is 1. The van der Waals surface area contributed by atoms with E-state index in [1.54, 1.807) is 12.1 Å². The highest BCUT2D eigenvalue weighted by Gasteiger charge is 2.15. The Bertz CT molecular complexity index is 721. The number of benzene rings is 1. The van der Waals surface area contributed by atoms with Crippen LogP contribution in [0.5, 0.6) is 11.8 Å². The average molecular weight is 266 g/mol. The summed E-state index contributed by atoms with van der Waals surface area (Å²) in [4.78, 5) is 19.2. The van der Waals surface area contributed by atoms with E-state index >= 15 is 0 Å². The Labute approximate surface area is 115 Å². The lowest BCUT2D eigenvalue weighted by atomic mass is 10.0. The summed E-state index contributed by atoms with van der Waals surface area (Å²) in [6.07, 6.45) is 2.62. The van der Waals surface area contributed by atoms with Crippen molar-refractivity contribution < 1.29 is 9.53 Å². The Morgan fingerprint density at radius 1 is 1.30 bits per heavy atom. The standard InChI is InChI=1S/C14H10N4O2/c15-8-10-5-6-16-14(17-10)20-11-2-3-12-9(7-11)1-4-13(19)18-12/h2-3,5-7H,1,4H2,(H,18,19). The number of nitriles is 1. The second-order valence-corrected chi connectivity index (χ2v) is 4.31. The molecule has 1 aromatic carbocycles. The van der Waals surface area contributed by atoms with Crippen molar-refractivity contribution in [3.8, 4) is 17.8 Å². The molecular weight excluding hydrogens is 256 g/mol. The largest absolute Gasteiger partial charge is 0.424 e. The number of rotatable bonds is 2. The first-order valence-electron chi connectivity index (χ1n) is 6.08. The van der Waals surface area contributed by atoms with Gasteiger partial charge in [-0.15, -0.1) is 0 Å². The van der Waals surface area contributed by atoms with Crippen molar-refractivity contribution in [1.29, 1.82) is 5.26 Å². The number of nitrogens with zero attached hydrogens (tertiary/aromatic N) is 3. The van der Waals surface area contributed by atoms with E-state index in [2.05, 4.69) is 15.3 Å². The van der Waals surface area contributed by atoms with Crippen LogP contribution in [0.4, 0.5) is 5.69 Å². The van der Waals surface area contributed by atoms with Crippen LogP contribution in [0.3, 0.4) is 0 Å². The third-order valence-electron chi connectivity index (χ3n) is 2.93. The summed E-state index contributed by atoms with van der Waals surface area (Å²) in [5.41, 5.74) is 2.07. The van der Waals surface area contributed by atoms with Gasteiger partial charge in [0.15, 0.2) is 0 Å². The highest BCUT2D eigenvalue weighted by Crippen LogP contribution is 2.28. The van der Waals surface area contributed by atoms with E-state index in [0.29, 0.717) is 18.6 Å². The molecule has 6 nitrogen and oxygen atoms in total. The van der Waals surface area contributed by atoms with Crippen LogP contribution in [0.15, 0.2) is 30.5 Å². The molecule has 1 aliphatic rings. The molecule has 2 aromatic rings. The average Bonchev–Trinajstić information content (AvgIpc) is 2.47. The monoisotopic (exact) mass is 266 g/mol. The van der Waals surface area contributed by atoms with E-state index in [4.69, 9.17) is 10.00 Å². The zero-order valence-corrected chi connectivity index (χ0v) is 10.5. The van der Waals surface area contributed by atoms with Crippen LogP contribution in [-0.4, -0.2) is 15.9 Å². The van der Waals surface area contributed by atoms with Gasteiger partial charge in [0.25, 0.3) is 0 Å². The third-order valence-corrected chi connectivity index (χ3v) is 2.93. The quantitative estimate of drug-likeness (QED) is 0.898. The number of aryl methyl sites for hydroxylation is 1. The summed E-state index contributed by atoms with van der Waals surface area (Å²) in [5, 5.41) is 11.6. The van der Waals surface area contributed by atoms with Gasteiger partial charge in [0.2, 0.25) is 5.91 Å². The molecular formula is C14H10N4O2. The van der Waals surface area contributed by atoms with E-state index in [-0.39, 0.29) is 17.6 Å². The van der Waals surface area contributed by atoms with E-state index in [0.717, 1.165) is 11.3 Å². The molecule has 0 bridgehead atoms. The summed E-state index contributed by atoms with van der Waals surface area (Å²) < 4.78 is 5.53. The molecule has 2 heterocycles. The molecule has 0 radical (unpaired) electrons.